The summed E-state index contributed by atoms with van der Waals surface area (Å²) in [6, 6.07) is 6.99. The number of hydrogen-bond acceptors (Lipinski definition) is 5. The van der Waals surface area contributed by atoms with Crippen LogP contribution in [0, 0.1) is 0 Å². The van der Waals surface area contributed by atoms with Crippen molar-refractivity contribution in [2.24, 2.45) is 14.1 Å². The monoisotopic (exact) mass is 283 g/mol. The van der Waals surface area contributed by atoms with Gasteiger partial charge in [0.15, 0.2) is 0 Å². The van der Waals surface area contributed by atoms with Crippen LogP contribution >= 0.6 is 0 Å². The molecule has 0 fully saturated rings. The predicted molar refractivity (Wildman–Crippen MR) is 75.4 cm³/mol. The second-order valence-corrected chi connectivity index (χ2v) is 4.50. The molecule has 2 aromatic heterocycles. The number of amides is 1. The number of aromatic nitrogens is 6. The lowest BCUT2D eigenvalue weighted by atomic mass is 10.1. The van der Waals surface area contributed by atoms with Gasteiger partial charge < -0.3 is 4.57 Å². The number of carbonyl (C=O) groups is 1. The molecule has 21 heavy (non-hydrogen) atoms. The van der Waals surface area contributed by atoms with Crippen LogP contribution in [0.4, 0.5) is 5.95 Å². The van der Waals surface area contributed by atoms with Crippen molar-refractivity contribution in [3.8, 4) is 11.4 Å². The maximum Gasteiger partial charge on any atom is 0.257 e. The molecule has 2 heterocycles. The Morgan fingerprint density at radius 1 is 1.19 bits per heavy atom. The van der Waals surface area contributed by atoms with E-state index in [4.69, 9.17) is 0 Å². The Morgan fingerprint density at radius 3 is 2.52 bits per heavy atom. The van der Waals surface area contributed by atoms with Crippen molar-refractivity contribution in [3.05, 3.63) is 42.2 Å². The van der Waals surface area contributed by atoms with Crippen LogP contribution in [0.2, 0.25) is 0 Å². The number of imidazole rings is 1. The van der Waals surface area contributed by atoms with Gasteiger partial charge in [0.2, 0.25) is 11.8 Å². The van der Waals surface area contributed by atoms with Gasteiger partial charge in [-0.3, -0.25) is 10.1 Å². The molecule has 3 rings (SSSR count). The number of benzene rings is 1. The molecule has 1 amide bonds. The number of rotatable bonds is 3. The molecule has 1 aromatic carbocycles. The van der Waals surface area contributed by atoms with Crippen LogP contribution in [0.5, 0.6) is 0 Å². The van der Waals surface area contributed by atoms with Crippen LogP contribution < -0.4 is 5.32 Å². The highest BCUT2D eigenvalue weighted by Crippen LogP contribution is 2.15. The van der Waals surface area contributed by atoms with Crippen LogP contribution in [-0.4, -0.2) is 35.7 Å². The summed E-state index contributed by atoms with van der Waals surface area (Å²) in [5.41, 5.74) is 1.34. The molecule has 0 aliphatic rings. The zero-order valence-electron chi connectivity index (χ0n) is 11.6. The summed E-state index contributed by atoms with van der Waals surface area (Å²) < 4.78 is 1.73. The van der Waals surface area contributed by atoms with Gasteiger partial charge in [-0.1, -0.05) is 12.1 Å². The van der Waals surface area contributed by atoms with Crippen molar-refractivity contribution in [1.29, 1.82) is 0 Å². The number of hydrogen-bond donors (Lipinski definition) is 1. The topological polar surface area (TPSA) is 90.5 Å². The van der Waals surface area contributed by atoms with Crippen molar-refractivity contribution >= 4 is 11.9 Å². The van der Waals surface area contributed by atoms with Gasteiger partial charge in [-0.15, -0.1) is 10.2 Å². The molecule has 0 atom stereocenters. The standard InChI is InChI=1S/C13H13N7O/c1-19-8-7-14-13(19)15-12(21)10-5-3-9(4-6-10)11-16-18-20(2)17-11/h3-8H,1-2H3,(H,14,15,21). The van der Waals surface area contributed by atoms with E-state index in [2.05, 4.69) is 25.7 Å². The van der Waals surface area contributed by atoms with Gasteiger partial charge in [0.25, 0.3) is 5.91 Å². The highest BCUT2D eigenvalue weighted by Gasteiger charge is 2.10. The lowest BCUT2D eigenvalue weighted by Gasteiger charge is -2.05. The van der Waals surface area contributed by atoms with Gasteiger partial charge in [-0.25, -0.2) is 4.98 Å². The van der Waals surface area contributed by atoms with Crippen LogP contribution in [0.25, 0.3) is 11.4 Å². The summed E-state index contributed by atoms with van der Waals surface area (Å²) in [5.74, 6) is 0.802. The smallest absolute Gasteiger partial charge is 0.257 e. The fraction of sp³-hybridized carbons (Fsp3) is 0.154. The third kappa shape index (κ3) is 2.64. The zero-order valence-corrected chi connectivity index (χ0v) is 11.6. The number of carbonyl (C=O) groups excluding carboxylic acids is 1. The van der Waals surface area contributed by atoms with E-state index >= 15 is 0 Å². The average molecular weight is 283 g/mol. The van der Waals surface area contributed by atoms with E-state index in [1.54, 1.807) is 48.3 Å². The molecule has 0 saturated carbocycles. The minimum absolute atomic E-state index is 0.219. The Morgan fingerprint density at radius 2 is 1.95 bits per heavy atom. The minimum Gasteiger partial charge on any atom is -0.320 e. The van der Waals surface area contributed by atoms with Crippen LogP contribution in [0.1, 0.15) is 10.4 Å². The average Bonchev–Trinajstić information content (AvgIpc) is 3.08. The Balaban J connectivity index is 1.78. The molecule has 0 bridgehead atoms. The van der Waals surface area contributed by atoms with E-state index < -0.39 is 0 Å². The first kappa shape index (κ1) is 13.0. The molecular formula is C13H13N7O. The van der Waals surface area contributed by atoms with E-state index in [9.17, 15) is 4.79 Å². The molecule has 8 heteroatoms. The van der Waals surface area contributed by atoms with E-state index in [0.717, 1.165) is 5.56 Å². The van der Waals surface area contributed by atoms with Crippen molar-refractivity contribution in [3.63, 3.8) is 0 Å². The van der Waals surface area contributed by atoms with Gasteiger partial charge in [0.1, 0.15) is 0 Å². The molecule has 0 aliphatic carbocycles. The van der Waals surface area contributed by atoms with Crippen molar-refractivity contribution in [2.75, 3.05) is 5.32 Å². The number of tetrazole rings is 1. The highest BCUT2D eigenvalue weighted by atomic mass is 16.1. The number of aryl methyl sites for hydroxylation is 2. The highest BCUT2D eigenvalue weighted by molar-refractivity contribution is 6.03. The second kappa shape index (κ2) is 5.16. The molecule has 0 unspecified atom stereocenters. The molecule has 106 valence electrons. The van der Waals surface area contributed by atoms with Gasteiger partial charge in [0.05, 0.1) is 7.05 Å². The summed E-state index contributed by atoms with van der Waals surface area (Å²) in [4.78, 5) is 17.5. The quantitative estimate of drug-likeness (QED) is 0.770. The summed E-state index contributed by atoms with van der Waals surface area (Å²) in [6.07, 6.45) is 3.39. The normalized spacial score (nSPS) is 10.6. The zero-order chi connectivity index (χ0) is 14.8. The van der Waals surface area contributed by atoms with Gasteiger partial charge in [-0.2, -0.15) is 4.80 Å². The molecule has 0 saturated heterocycles. The largest absolute Gasteiger partial charge is 0.320 e. The molecule has 8 nitrogen and oxygen atoms in total. The summed E-state index contributed by atoms with van der Waals surface area (Å²) in [5, 5.41) is 14.5. The van der Waals surface area contributed by atoms with Crippen molar-refractivity contribution < 1.29 is 4.79 Å². The Labute approximate surface area is 120 Å². The molecule has 0 radical (unpaired) electrons. The molecule has 0 spiro atoms. The van der Waals surface area contributed by atoms with Crippen LogP contribution in [-0.2, 0) is 14.1 Å². The first-order chi connectivity index (χ1) is 10.1. The van der Waals surface area contributed by atoms with Crippen LogP contribution in [0.15, 0.2) is 36.7 Å². The predicted octanol–water partition coefficient (Wildman–Crippen LogP) is 0.863. The second-order valence-electron chi connectivity index (χ2n) is 4.50. The van der Waals surface area contributed by atoms with E-state index in [1.165, 1.54) is 4.80 Å². The first-order valence-corrected chi connectivity index (χ1v) is 6.26. The summed E-state index contributed by atoms with van der Waals surface area (Å²) >= 11 is 0. The fourth-order valence-corrected chi connectivity index (χ4v) is 1.83. The fourth-order valence-electron chi connectivity index (χ4n) is 1.83. The lowest BCUT2D eigenvalue weighted by Crippen LogP contribution is -2.14. The Bertz CT molecular complexity index is 772. The maximum absolute atomic E-state index is 12.1. The number of nitrogens with one attached hydrogen (secondary N) is 1. The minimum atomic E-state index is -0.219. The summed E-state index contributed by atoms with van der Waals surface area (Å²) in [7, 11) is 3.51. The number of anilines is 1. The van der Waals surface area contributed by atoms with Crippen molar-refractivity contribution in [2.45, 2.75) is 0 Å². The third-order valence-electron chi connectivity index (χ3n) is 2.96. The molecule has 1 N–H and O–H groups in total. The Kier molecular flexibility index (Phi) is 3.19. The SMILES string of the molecule is Cn1nnc(-c2ccc(C(=O)Nc3nccn3C)cc2)n1. The van der Waals surface area contributed by atoms with Crippen LogP contribution in [0.3, 0.4) is 0 Å². The van der Waals surface area contributed by atoms with Gasteiger partial charge in [-0.05, 0) is 17.3 Å². The summed E-state index contributed by atoms with van der Waals surface area (Å²) in [6.45, 7) is 0. The third-order valence-corrected chi connectivity index (χ3v) is 2.96. The lowest BCUT2D eigenvalue weighted by molar-refractivity contribution is 0.102. The molecule has 0 aliphatic heterocycles. The number of nitrogens with zero attached hydrogens (tertiary/aromatic N) is 6. The van der Waals surface area contributed by atoms with Crippen molar-refractivity contribution in [1.82, 2.24) is 29.8 Å². The van der Waals surface area contributed by atoms with E-state index in [-0.39, 0.29) is 5.91 Å². The first-order valence-electron chi connectivity index (χ1n) is 6.26. The van der Waals surface area contributed by atoms with Gasteiger partial charge >= 0.3 is 0 Å². The maximum atomic E-state index is 12.1. The van der Waals surface area contributed by atoms with E-state index in [1.807, 2.05) is 7.05 Å². The molecular weight excluding hydrogens is 270 g/mol. The molecule has 3 aromatic rings. The van der Waals surface area contributed by atoms with E-state index in [0.29, 0.717) is 17.3 Å². The van der Waals surface area contributed by atoms with Gasteiger partial charge in [0, 0.05) is 30.6 Å². The Hall–Kier alpha value is -3.03.